The van der Waals surface area contributed by atoms with Crippen molar-refractivity contribution in [3.63, 3.8) is 0 Å². The van der Waals surface area contributed by atoms with Crippen molar-refractivity contribution < 1.29 is 0 Å². The highest BCUT2D eigenvalue weighted by molar-refractivity contribution is 9.10. The number of aryl methyl sites for hydroxylation is 4. The van der Waals surface area contributed by atoms with E-state index in [9.17, 15) is 9.59 Å². The summed E-state index contributed by atoms with van der Waals surface area (Å²) in [5, 5.41) is 0. The number of fused-ring (bicyclic) bond motifs is 3. The quantitative estimate of drug-likeness (QED) is 0.434. The molecule has 1 aliphatic rings. The largest absolute Gasteiger partial charge is 0.332 e. The molecule has 0 fully saturated rings. The number of hydrogen-bond donors (Lipinski definition) is 0. The first-order valence-electron chi connectivity index (χ1n) is 10.6. The highest BCUT2D eigenvalue weighted by Crippen LogP contribution is 2.31. The average molecular weight is 494 g/mol. The van der Waals surface area contributed by atoms with E-state index in [4.69, 9.17) is 4.98 Å². The van der Waals surface area contributed by atoms with E-state index in [1.165, 1.54) is 9.13 Å². The van der Waals surface area contributed by atoms with Crippen LogP contribution in [0.5, 0.6) is 0 Å². The van der Waals surface area contributed by atoms with Crippen molar-refractivity contribution in [3.8, 4) is 0 Å². The first-order valence-corrected chi connectivity index (χ1v) is 11.4. The predicted octanol–water partition coefficient (Wildman–Crippen LogP) is 3.87. The molecular weight excluding hydrogens is 470 g/mol. The molecule has 0 saturated carbocycles. The normalized spacial score (nSPS) is 13.6. The summed E-state index contributed by atoms with van der Waals surface area (Å²) in [4.78, 5) is 33.6. The van der Waals surface area contributed by atoms with Crippen LogP contribution in [0.2, 0.25) is 0 Å². The zero-order chi connectivity index (χ0) is 22.6. The Morgan fingerprint density at radius 2 is 1.78 bits per heavy atom. The molecule has 8 heteroatoms. The molecule has 3 heterocycles. The monoisotopic (exact) mass is 493 g/mol. The SMILES string of the molecule is Cc1ccc(C)c(Cn2c(=O)c3c(nc4n3CCCN4c3ccc(Br)cc3)n(C)c2=O)c1. The minimum Gasteiger partial charge on any atom is -0.312 e. The molecule has 2 aromatic carbocycles. The lowest BCUT2D eigenvalue weighted by Gasteiger charge is -2.29. The van der Waals surface area contributed by atoms with Gasteiger partial charge in [-0.1, -0.05) is 39.7 Å². The topological polar surface area (TPSA) is 65.1 Å². The lowest BCUT2D eigenvalue weighted by Crippen LogP contribution is -2.40. The van der Waals surface area contributed by atoms with E-state index in [-0.39, 0.29) is 17.8 Å². The maximum atomic E-state index is 13.6. The molecule has 0 aliphatic carbocycles. The Hall–Kier alpha value is -3.13. The molecule has 0 bridgehead atoms. The Bertz CT molecular complexity index is 1460. The Labute approximate surface area is 193 Å². The second-order valence-electron chi connectivity index (χ2n) is 8.38. The van der Waals surface area contributed by atoms with Crippen molar-refractivity contribution in [2.45, 2.75) is 33.4 Å². The van der Waals surface area contributed by atoms with Crippen LogP contribution in [0.4, 0.5) is 11.6 Å². The van der Waals surface area contributed by atoms with Crippen LogP contribution < -0.4 is 16.1 Å². The van der Waals surface area contributed by atoms with Crippen LogP contribution in [0.3, 0.4) is 0 Å². The van der Waals surface area contributed by atoms with Crippen molar-refractivity contribution >= 4 is 38.7 Å². The summed E-state index contributed by atoms with van der Waals surface area (Å²) >= 11 is 3.48. The molecule has 0 unspecified atom stereocenters. The number of anilines is 2. The zero-order valence-corrected chi connectivity index (χ0v) is 19.9. The molecule has 1 aliphatic heterocycles. The summed E-state index contributed by atoms with van der Waals surface area (Å²) in [6.45, 7) is 5.74. The Morgan fingerprint density at radius 3 is 2.53 bits per heavy atom. The number of imidazole rings is 1. The highest BCUT2D eigenvalue weighted by atomic mass is 79.9. The molecule has 0 amide bonds. The molecule has 32 heavy (non-hydrogen) atoms. The Balaban J connectivity index is 1.70. The number of hydrogen-bond acceptors (Lipinski definition) is 4. The van der Waals surface area contributed by atoms with Crippen LogP contribution in [0, 0.1) is 13.8 Å². The van der Waals surface area contributed by atoms with Gasteiger partial charge in [0.2, 0.25) is 5.95 Å². The molecule has 0 saturated heterocycles. The van der Waals surface area contributed by atoms with Gasteiger partial charge >= 0.3 is 5.69 Å². The summed E-state index contributed by atoms with van der Waals surface area (Å²) in [6.07, 6.45) is 0.883. The molecular formula is C24H24BrN5O2. The van der Waals surface area contributed by atoms with Crippen molar-refractivity contribution in [1.29, 1.82) is 0 Å². The van der Waals surface area contributed by atoms with E-state index < -0.39 is 0 Å². The van der Waals surface area contributed by atoms with Crippen molar-refractivity contribution in [2.75, 3.05) is 11.4 Å². The molecule has 164 valence electrons. The Morgan fingerprint density at radius 1 is 1.03 bits per heavy atom. The van der Waals surface area contributed by atoms with Gasteiger partial charge in [-0.3, -0.25) is 13.9 Å². The minimum absolute atomic E-state index is 0.242. The van der Waals surface area contributed by atoms with Crippen molar-refractivity contribution in [3.05, 3.63) is 84.5 Å². The van der Waals surface area contributed by atoms with Gasteiger partial charge in [0.1, 0.15) is 0 Å². The number of halogens is 1. The highest BCUT2D eigenvalue weighted by Gasteiger charge is 2.27. The first-order chi connectivity index (χ1) is 15.3. The fourth-order valence-electron chi connectivity index (χ4n) is 4.41. The molecule has 4 aromatic rings. The second-order valence-corrected chi connectivity index (χ2v) is 9.30. The molecule has 0 spiro atoms. The third-order valence-corrected chi connectivity index (χ3v) is 6.72. The van der Waals surface area contributed by atoms with Gasteiger partial charge in [0.15, 0.2) is 11.2 Å². The van der Waals surface area contributed by atoms with Gasteiger partial charge in [-0.05, 0) is 55.7 Å². The standard InChI is InChI=1S/C24H24BrN5O2/c1-15-5-6-16(2)17(13-15)14-30-22(31)20-21(27(3)24(30)32)26-23-28(11-4-12-29(20)23)19-9-7-18(25)8-10-19/h5-10,13H,4,11-12,14H2,1-3H3. The summed E-state index contributed by atoms with van der Waals surface area (Å²) in [5.41, 5.74) is 4.40. The zero-order valence-electron chi connectivity index (χ0n) is 18.3. The third-order valence-electron chi connectivity index (χ3n) is 6.19. The van der Waals surface area contributed by atoms with E-state index in [0.717, 1.165) is 39.8 Å². The van der Waals surface area contributed by atoms with Gasteiger partial charge < -0.3 is 9.47 Å². The van der Waals surface area contributed by atoms with E-state index in [0.29, 0.717) is 23.7 Å². The van der Waals surface area contributed by atoms with Crippen LogP contribution in [-0.2, 0) is 20.1 Å². The summed E-state index contributed by atoms with van der Waals surface area (Å²) in [6, 6.07) is 14.1. The van der Waals surface area contributed by atoms with Gasteiger partial charge in [-0.25, -0.2) is 4.79 Å². The fraction of sp³-hybridized carbons (Fsp3) is 0.292. The minimum atomic E-state index is -0.353. The van der Waals surface area contributed by atoms with Crippen molar-refractivity contribution in [1.82, 2.24) is 18.7 Å². The number of benzene rings is 2. The average Bonchev–Trinajstić information content (AvgIpc) is 3.18. The van der Waals surface area contributed by atoms with Crippen LogP contribution in [0.15, 0.2) is 56.5 Å². The van der Waals surface area contributed by atoms with Gasteiger partial charge in [0.05, 0.1) is 6.54 Å². The summed E-state index contributed by atoms with van der Waals surface area (Å²) in [5.74, 6) is 0.699. The van der Waals surface area contributed by atoms with E-state index >= 15 is 0 Å². The molecule has 5 rings (SSSR count). The smallest absolute Gasteiger partial charge is 0.312 e. The van der Waals surface area contributed by atoms with E-state index in [1.54, 1.807) is 7.05 Å². The number of aromatic nitrogens is 4. The molecule has 0 radical (unpaired) electrons. The fourth-order valence-corrected chi connectivity index (χ4v) is 4.68. The summed E-state index contributed by atoms with van der Waals surface area (Å²) in [7, 11) is 1.69. The first kappa shape index (κ1) is 20.8. The van der Waals surface area contributed by atoms with Gasteiger partial charge in [0, 0.05) is 30.3 Å². The van der Waals surface area contributed by atoms with E-state index in [1.807, 2.05) is 60.9 Å². The maximum absolute atomic E-state index is 13.6. The Kier molecular flexibility index (Phi) is 5.04. The predicted molar refractivity (Wildman–Crippen MR) is 130 cm³/mol. The summed E-state index contributed by atoms with van der Waals surface area (Å²) < 4.78 is 5.79. The maximum Gasteiger partial charge on any atom is 0.332 e. The lowest BCUT2D eigenvalue weighted by molar-refractivity contribution is 0.597. The van der Waals surface area contributed by atoms with E-state index in [2.05, 4.69) is 20.8 Å². The van der Waals surface area contributed by atoms with Gasteiger partial charge in [-0.15, -0.1) is 0 Å². The molecule has 7 nitrogen and oxygen atoms in total. The number of rotatable bonds is 3. The number of nitrogens with zero attached hydrogens (tertiary/aromatic N) is 5. The third kappa shape index (κ3) is 3.30. The van der Waals surface area contributed by atoms with Gasteiger partial charge in [0.25, 0.3) is 5.56 Å². The van der Waals surface area contributed by atoms with Crippen molar-refractivity contribution in [2.24, 2.45) is 7.05 Å². The lowest BCUT2D eigenvalue weighted by atomic mass is 10.1. The molecule has 2 aromatic heterocycles. The van der Waals surface area contributed by atoms with Crippen LogP contribution in [0.25, 0.3) is 11.2 Å². The van der Waals surface area contributed by atoms with Crippen LogP contribution in [-0.4, -0.2) is 25.2 Å². The second kappa shape index (κ2) is 7.78. The molecule has 0 N–H and O–H groups in total. The van der Waals surface area contributed by atoms with Crippen LogP contribution >= 0.6 is 15.9 Å². The van der Waals surface area contributed by atoms with Gasteiger partial charge in [-0.2, -0.15) is 4.98 Å². The molecule has 0 atom stereocenters. The van der Waals surface area contributed by atoms with Crippen LogP contribution in [0.1, 0.15) is 23.1 Å².